The van der Waals surface area contributed by atoms with E-state index < -0.39 is 11.7 Å². The van der Waals surface area contributed by atoms with Crippen LogP contribution in [0.1, 0.15) is 24.4 Å². The van der Waals surface area contributed by atoms with Crippen molar-refractivity contribution in [1.29, 1.82) is 0 Å². The van der Waals surface area contributed by atoms with Gasteiger partial charge in [0, 0.05) is 31.7 Å². The van der Waals surface area contributed by atoms with Gasteiger partial charge in [-0.2, -0.15) is 18.2 Å². The molecular weight excluding hydrogens is 309 g/mol. The maximum absolute atomic E-state index is 12.8. The summed E-state index contributed by atoms with van der Waals surface area (Å²) in [6.45, 7) is 5.46. The second kappa shape index (κ2) is 6.29. The molecule has 0 radical (unpaired) electrons. The third-order valence-corrected chi connectivity index (χ3v) is 3.95. The van der Waals surface area contributed by atoms with Crippen molar-refractivity contribution in [2.75, 3.05) is 26.2 Å². The Hall–Kier alpha value is -1.93. The van der Waals surface area contributed by atoms with Crippen LogP contribution in [0.2, 0.25) is 0 Å². The zero-order valence-electron chi connectivity index (χ0n) is 12.6. The predicted octanol–water partition coefficient (Wildman–Crippen LogP) is 2.72. The van der Waals surface area contributed by atoms with Gasteiger partial charge in [0.15, 0.2) is 0 Å². The highest BCUT2D eigenvalue weighted by molar-refractivity contribution is 5.55. The van der Waals surface area contributed by atoms with Crippen LogP contribution in [0, 0.1) is 0 Å². The summed E-state index contributed by atoms with van der Waals surface area (Å²) in [5.41, 5.74) is -0.432. The number of benzene rings is 1. The van der Waals surface area contributed by atoms with Gasteiger partial charge in [-0.25, -0.2) is 0 Å². The number of hydrogen-bond donors (Lipinski definition) is 1. The second-order valence-corrected chi connectivity index (χ2v) is 5.50. The van der Waals surface area contributed by atoms with Gasteiger partial charge in [-0.15, -0.1) is 0 Å². The quantitative estimate of drug-likeness (QED) is 0.940. The van der Waals surface area contributed by atoms with E-state index in [1.54, 1.807) is 6.07 Å². The Labute approximate surface area is 131 Å². The standard InChI is InChI=1S/C15H17F3N4O/c1-10(22-7-5-19-6-8-22)14-20-13(21-23-14)11-3-2-4-12(9-11)15(16,17)18/h2-4,9-10,19H,5-8H2,1H3/t10-/m0/s1. The van der Waals surface area contributed by atoms with Crippen LogP contribution in [0.15, 0.2) is 28.8 Å². The zero-order chi connectivity index (χ0) is 16.4. The summed E-state index contributed by atoms with van der Waals surface area (Å²) in [5, 5.41) is 7.09. The lowest BCUT2D eigenvalue weighted by Crippen LogP contribution is -2.44. The van der Waals surface area contributed by atoms with E-state index in [1.165, 1.54) is 6.07 Å². The Morgan fingerprint density at radius 2 is 2.00 bits per heavy atom. The Balaban J connectivity index is 1.81. The lowest BCUT2D eigenvalue weighted by atomic mass is 10.1. The van der Waals surface area contributed by atoms with Crippen LogP contribution < -0.4 is 5.32 Å². The van der Waals surface area contributed by atoms with Gasteiger partial charge in [0.2, 0.25) is 11.7 Å². The number of hydrogen-bond acceptors (Lipinski definition) is 5. The van der Waals surface area contributed by atoms with Crippen LogP contribution in [-0.4, -0.2) is 41.2 Å². The molecule has 3 rings (SSSR count). The molecule has 2 heterocycles. The summed E-state index contributed by atoms with van der Waals surface area (Å²) in [5.74, 6) is 0.590. The molecule has 1 saturated heterocycles. The average molecular weight is 326 g/mol. The number of halogens is 3. The maximum atomic E-state index is 12.8. The smallest absolute Gasteiger partial charge is 0.337 e. The predicted molar refractivity (Wildman–Crippen MR) is 77.6 cm³/mol. The van der Waals surface area contributed by atoms with E-state index in [0.29, 0.717) is 11.5 Å². The first-order valence-corrected chi connectivity index (χ1v) is 7.41. The second-order valence-electron chi connectivity index (χ2n) is 5.50. The fourth-order valence-corrected chi connectivity index (χ4v) is 2.58. The number of alkyl halides is 3. The first-order chi connectivity index (χ1) is 10.9. The van der Waals surface area contributed by atoms with E-state index in [0.717, 1.165) is 38.3 Å². The number of rotatable bonds is 3. The molecule has 0 unspecified atom stereocenters. The molecule has 0 aliphatic carbocycles. The molecule has 1 fully saturated rings. The fourth-order valence-electron chi connectivity index (χ4n) is 2.58. The topological polar surface area (TPSA) is 54.2 Å². The maximum Gasteiger partial charge on any atom is 0.416 e. The van der Waals surface area contributed by atoms with Crippen molar-refractivity contribution in [2.24, 2.45) is 0 Å². The van der Waals surface area contributed by atoms with E-state index in [4.69, 9.17) is 4.52 Å². The van der Waals surface area contributed by atoms with E-state index in [9.17, 15) is 13.2 Å². The highest BCUT2D eigenvalue weighted by Crippen LogP contribution is 2.31. The molecule has 1 aliphatic heterocycles. The summed E-state index contributed by atoms with van der Waals surface area (Å²) in [6.07, 6.45) is -4.39. The van der Waals surface area contributed by atoms with Gasteiger partial charge in [-0.3, -0.25) is 4.90 Å². The van der Waals surface area contributed by atoms with Crippen molar-refractivity contribution in [2.45, 2.75) is 19.1 Å². The van der Waals surface area contributed by atoms with Crippen molar-refractivity contribution in [3.63, 3.8) is 0 Å². The number of nitrogens with one attached hydrogen (secondary N) is 1. The molecule has 0 bridgehead atoms. The third-order valence-electron chi connectivity index (χ3n) is 3.95. The summed E-state index contributed by atoms with van der Waals surface area (Å²) in [6, 6.07) is 4.87. The van der Waals surface area contributed by atoms with Crippen LogP contribution in [0.4, 0.5) is 13.2 Å². The van der Waals surface area contributed by atoms with Crippen molar-refractivity contribution >= 4 is 0 Å². The van der Waals surface area contributed by atoms with Gasteiger partial charge in [0.1, 0.15) is 0 Å². The lowest BCUT2D eigenvalue weighted by Gasteiger charge is -2.30. The van der Waals surface area contributed by atoms with Crippen LogP contribution >= 0.6 is 0 Å². The van der Waals surface area contributed by atoms with Crippen LogP contribution in [0.25, 0.3) is 11.4 Å². The molecule has 1 N–H and O–H groups in total. The van der Waals surface area contributed by atoms with E-state index in [2.05, 4.69) is 20.4 Å². The Kier molecular flexibility index (Phi) is 4.36. The Morgan fingerprint density at radius 1 is 1.26 bits per heavy atom. The van der Waals surface area contributed by atoms with Crippen molar-refractivity contribution in [3.8, 4) is 11.4 Å². The molecule has 23 heavy (non-hydrogen) atoms. The molecule has 2 aromatic rings. The summed E-state index contributed by atoms with van der Waals surface area (Å²) < 4.78 is 43.6. The van der Waals surface area contributed by atoms with Gasteiger partial charge in [-0.05, 0) is 19.1 Å². The van der Waals surface area contributed by atoms with E-state index in [-0.39, 0.29) is 11.9 Å². The van der Waals surface area contributed by atoms with Gasteiger partial charge in [0.05, 0.1) is 11.6 Å². The number of nitrogens with zero attached hydrogens (tertiary/aromatic N) is 3. The fraction of sp³-hybridized carbons (Fsp3) is 0.467. The minimum atomic E-state index is -4.39. The molecule has 1 aliphatic rings. The summed E-state index contributed by atoms with van der Waals surface area (Å²) in [4.78, 5) is 6.47. The average Bonchev–Trinajstić information content (AvgIpc) is 3.04. The highest BCUT2D eigenvalue weighted by Gasteiger charge is 2.31. The number of aromatic nitrogens is 2. The van der Waals surface area contributed by atoms with Crippen LogP contribution in [0.3, 0.4) is 0 Å². The summed E-state index contributed by atoms with van der Waals surface area (Å²) >= 11 is 0. The molecular formula is C15H17F3N4O. The molecule has 5 nitrogen and oxygen atoms in total. The third kappa shape index (κ3) is 3.53. The molecule has 0 spiro atoms. The normalized spacial score (nSPS) is 18.1. The van der Waals surface area contributed by atoms with Crippen molar-refractivity contribution in [1.82, 2.24) is 20.4 Å². The van der Waals surface area contributed by atoms with E-state index >= 15 is 0 Å². The first-order valence-electron chi connectivity index (χ1n) is 7.41. The molecule has 1 atom stereocenters. The largest absolute Gasteiger partial charge is 0.416 e. The zero-order valence-corrected chi connectivity index (χ0v) is 12.6. The molecule has 1 aromatic carbocycles. The number of piperazine rings is 1. The molecule has 0 amide bonds. The van der Waals surface area contributed by atoms with Crippen LogP contribution in [-0.2, 0) is 6.18 Å². The Bertz CT molecular complexity index is 665. The molecule has 8 heteroatoms. The lowest BCUT2D eigenvalue weighted by molar-refractivity contribution is -0.137. The van der Waals surface area contributed by atoms with E-state index in [1.807, 2.05) is 6.92 Å². The van der Waals surface area contributed by atoms with Gasteiger partial charge in [0.25, 0.3) is 0 Å². The minimum Gasteiger partial charge on any atom is -0.337 e. The van der Waals surface area contributed by atoms with Gasteiger partial charge < -0.3 is 9.84 Å². The van der Waals surface area contributed by atoms with Crippen molar-refractivity contribution in [3.05, 3.63) is 35.7 Å². The van der Waals surface area contributed by atoms with Crippen LogP contribution in [0.5, 0.6) is 0 Å². The Morgan fingerprint density at radius 3 is 2.70 bits per heavy atom. The minimum absolute atomic E-state index is 0.0656. The van der Waals surface area contributed by atoms with Crippen molar-refractivity contribution < 1.29 is 17.7 Å². The van der Waals surface area contributed by atoms with Gasteiger partial charge >= 0.3 is 6.18 Å². The highest BCUT2D eigenvalue weighted by atomic mass is 19.4. The first kappa shape index (κ1) is 15.9. The molecule has 124 valence electrons. The monoisotopic (exact) mass is 326 g/mol. The molecule has 1 aromatic heterocycles. The SMILES string of the molecule is C[C@@H](c1nc(-c2cccc(C(F)(F)F)c2)no1)N1CCNCC1. The molecule has 0 saturated carbocycles. The summed E-state index contributed by atoms with van der Waals surface area (Å²) in [7, 11) is 0. The van der Waals surface area contributed by atoms with Gasteiger partial charge in [-0.1, -0.05) is 17.3 Å².